The van der Waals surface area contributed by atoms with Gasteiger partial charge in [0.25, 0.3) is 0 Å². The third-order valence-electron chi connectivity index (χ3n) is 2.64. The van der Waals surface area contributed by atoms with Crippen LogP contribution in [0, 0.1) is 11.6 Å². The van der Waals surface area contributed by atoms with E-state index in [-0.39, 0.29) is 6.42 Å². The Kier molecular flexibility index (Phi) is 4.57. The van der Waals surface area contributed by atoms with Crippen LogP contribution in [0.25, 0.3) is 0 Å². The average molecular weight is 267 g/mol. The van der Waals surface area contributed by atoms with E-state index in [2.05, 4.69) is 15.5 Å². The molecule has 1 aromatic heterocycles. The van der Waals surface area contributed by atoms with Gasteiger partial charge in [-0.25, -0.2) is 8.78 Å². The number of rotatable bonds is 6. The van der Waals surface area contributed by atoms with Crippen LogP contribution in [0.15, 0.2) is 22.7 Å². The van der Waals surface area contributed by atoms with Crippen molar-refractivity contribution in [1.29, 1.82) is 0 Å². The summed E-state index contributed by atoms with van der Waals surface area (Å²) >= 11 is 0. The molecule has 0 saturated carbocycles. The van der Waals surface area contributed by atoms with Crippen molar-refractivity contribution in [2.24, 2.45) is 0 Å². The van der Waals surface area contributed by atoms with E-state index in [0.717, 1.165) is 19.2 Å². The Morgan fingerprint density at radius 2 is 2.16 bits per heavy atom. The van der Waals surface area contributed by atoms with Crippen LogP contribution < -0.4 is 5.32 Å². The highest BCUT2D eigenvalue weighted by atomic mass is 19.1. The van der Waals surface area contributed by atoms with Crippen LogP contribution in [0.2, 0.25) is 0 Å². The minimum atomic E-state index is -0.598. The zero-order valence-electron chi connectivity index (χ0n) is 10.6. The summed E-state index contributed by atoms with van der Waals surface area (Å²) in [6.07, 6.45) is 0.823. The Balaban J connectivity index is 1.99. The zero-order chi connectivity index (χ0) is 13.7. The lowest BCUT2D eigenvalue weighted by molar-refractivity contribution is 0.371. The number of hydrogen-bond acceptors (Lipinski definition) is 4. The van der Waals surface area contributed by atoms with Crippen LogP contribution in [-0.2, 0) is 12.8 Å². The van der Waals surface area contributed by atoms with Crippen LogP contribution in [-0.4, -0.2) is 23.2 Å². The molecule has 0 amide bonds. The number of halogens is 2. The number of aromatic nitrogens is 2. The van der Waals surface area contributed by atoms with Crippen LogP contribution in [0.1, 0.15) is 24.2 Å². The average Bonchev–Trinajstić information content (AvgIpc) is 2.81. The van der Waals surface area contributed by atoms with E-state index in [4.69, 9.17) is 4.52 Å². The first kappa shape index (κ1) is 13.6. The molecule has 4 nitrogen and oxygen atoms in total. The summed E-state index contributed by atoms with van der Waals surface area (Å²) in [5.41, 5.74) is 0.348. The second kappa shape index (κ2) is 6.38. The van der Waals surface area contributed by atoms with Crippen LogP contribution in [0.5, 0.6) is 0 Å². The Labute approximate surface area is 109 Å². The molecule has 0 saturated heterocycles. The molecule has 0 aliphatic heterocycles. The number of likely N-dealkylation sites (N-methyl/N-ethyl adjacent to an activating group) is 1. The summed E-state index contributed by atoms with van der Waals surface area (Å²) < 4.78 is 31.3. The molecule has 102 valence electrons. The first-order valence-electron chi connectivity index (χ1n) is 6.15. The van der Waals surface area contributed by atoms with Crippen molar-refractivity contribution >= 4 is 0 Å². The highest BCUT2D eigenvalue weighted by molar-refractivity contribution is 5.21. The highest BCUT2D eigenvalue weighted by Gasteiger charge is 2.10. The smallest absolute Gasteiger partial charge is 0.227 e. The summed E-state index contributed by atoms with van der Waals surface area (Å²) in [5, 5.41) is 6.92. The molecular weight excluding hydrogens is 252 g/mol. The van der Waals surface area contributed by atoms with Crippen molar-refractivity contribution in [3.63, 3.8) is 0 Å². The standard InChI is InChI=1S/C13H15F2N3O/c1-2-16-6-5-13-17-12(18-19-13)7-9-3-4-10(14)8-11(9)15/h3-4,8,16H,2,5-7H2,1H3. The summed E-state index contributed by atoms with van der Waals surface area (Å²) in [7, 11) is 0. The van der Waals surface area contributed by atoms with E-state index in [0.29, 0.717) is 23.7 Å². The van der Waals surface area contributed by atoms with E-state index in [1.807, 2.05) is 6.92 Å². The van der Waals surface area contributed by atoms with E-state index in [1.165, 1.54) is 12.1 Å². The zero-order valence-corrected chi connectivity index (χ0v) is 10.6. The van der Waals surface area contributed by atoms with Crippen molar-refractivity contribution in [2.45, 2.75) is 19.8 Å². The third-order valence-corrected chi connectivity index (χ3v) is 2.64. The van der Waals surface area contributed by atoms with Gasteiger partial charge in [-0.1, -0.05) is 18.1 Å². The summed E-state index contributed by atoms with van der Waals surface area (Å²) in [6, 6.07) is 3.45. The normalized spacial score (nSPS) is 10.9. The van der Waals surface area contributed by atoms with Crippen LogP contribution >= 0.6 is 0 Å². The van der Waals surface area contributed by atoms with Crippen molar-refractivity contribution in [1.82, 2.24) is 15.5 Å². The SMILES string of the molecule is CCNCCc1nc(Cc2ccc(F)cc2F)no1. The van der Waals surface area contributed by atoms with Gasteiger partial charge in [0.15, 0.2) is 5.82 Å². The summed E-state index contributed by atoms with van der Waals surface area (Å²) in [5.74, 6) is -0.282. The van der Waals surface area contributed by atoms with E-state index in [1.54, 1.807) is 0 Å². The van der Waals surface area contributed by atoms with Crippen LogP contribution in [0.3, 0.4) is 0 Å². The molecule has 0 radical (unpaired) electrons. The molecule has 0 aliphatic carbocycles. The maximum atomic E-state index is 13.5. The maximum Gasteiger partial charge on any atom is 0.227 e. The van der Waals surface area contributed by atoms with Gasteiger partial charge in [-0.2, -0.15) is 4.98 Å². The van der Waals surface area contributed by atoms with Gasteiger partial charge in [0.1, 0.15) is 11.6 Å². The molecular formula is C13H15F2N3O. The van der Waals surface area contributed by atoms with Gasteiger partial charge in [-0.3, -0.25) is 0 Å². The molecule has 2 aromatic rings. The molecule has 0 spiro atoms. The number of benzene rings is 1. The summed E-state index contributed by atoms with van der Waals surface area (Å²) in [6.45, 7) is 3.64. The molecule has 1 aromatic carbocycles. The van der Waals surface area contributed by atoms with Crippen molar-refractivity contribution < 1.29 is 13.3 Å². The molecule has 1 heterocycles. The maximum absolute atomic E-state index is 13.5. The largest absolute Gasteiger partial charge is 0.339 e. The molecule has 19 heavy (non-hydrogen) atoms. The molecule has 0 fully saturated rings. The van der Waals surface area contributed by atoms with Gasteiger partial charge in [0.2, 0.25) is 5.89 Å². The Morgan fingerprint density at radius 3 is 2.89 bits per heavy atom. The molecule has 0 bridgehead atoms. The minimum Gasteiger partial charge on any atom is -0.339 e. The fraction of sp³-hybridized carbons (Fsp3) is 0.385. The Morgan fingerprint density at radius 1 is 1.32 bits per heavy atom. The van der Waals surface area contributed by atoms with Crippen molar-refractivity contribution in [3.8, 4) is 0 Å². The monoisotopic (exact) mass is 267 g/mol. The molecule has 6 heteroatoms. The highest BCUT2D eigenvalue weighted by Crippen LogP contribution is 2.13. The van der Waals surface area contributed by atoms with Gasteiger partial charge in [-0.05, 0) is 18.2 Å². The number of nitrogens with one attached hydrogen (secondary N) is 1. The fourth-order valence-corrected chi connectivity index (χ4v) is 1.67. The number of hydrogen-bond donors (Lipinski definition) is 1. The lowest BCUT2D eigenvalue weighted by Gasteiger charge is -1.99. The second-order valence-electron chi connectivity index (χ2n) is 4.12. The minimum absolute atomic E-state index is 0.191. The molecule has 0 aliphatic rings. The van der Waals surface area contributed by atoms with Gasteiger partial charge < -0.3 is 9.84 Å². The summed E-state index contributed by atoms with van der Waals surface area (Å²) in [4.78, 5) is 4.16. The predicted molar refractivity (Wildman–Crippen MR) is 65.7 cm³/mol. The molecule has 0 unspecified atom stereocenters. The first-order chi connectivity index (χ1) is 9.19. The number of nitrogens with zero attached hydrogens (tertiary/aromatic N) is 2. The molecule has 0 atom stereocenters. The van der Waals surface area contributed by atoms with Crippen molar-refractivity contribution in [3.05, 3.63) is 47.1 Å². The first-order valence-corrected chi connectivity index (χ1v) is 6.15. The van der Waals surface area contributed by atoms with Crippen LogP contribution in [0.4, 0.5) is 8.78 Å². The van der Waals surface area contributed by atoms with Gasteiger partial charge in [-0.15, -0.1) is 0 Å². The quantitative estimate of drug-likeness (QED) is 0.814. The fourth-order valence-electron chi connectivity index (χ4n) is 1.67. The third kappa shape index (κ3) is 3.82. The Hall–Kier alpha value is -1.82. The van der Waals surface area contributed by atoms with Gasteiger partial charge >= 0.3 is 0 Å². The van der Waals surface area contributed by atoms with Crippen molar-refractivity contribution in [2.75, 3.05) is 13.1 Å². The van der Waals surface area contributed by atoms with Gasteiger partial charge in [0.05, 0.1) is 0 Å². The predicted octanol–water partition coefficient (Wildman–Crippen LogP) is 2.09. The lowest BCUT2D eigenvalue weighted by atomic mass is 10.1. The van der Waals surface area contributed by atoms with E-state index >= 15 is 0 Å². The topological polar surface area (TPSA) is 51.0 Å². The van der Waals surface area contributed by atoms with E-state index in [9.17, 15) is 8.78 Å². The lowest BCUT2D eigenvalue weighted by Crippen LogP contribution is -2.16. The second-order valence-corrected chi connectivity index (χ2v) is 4.12. The Bertz CT molecular complexity index is 542. The van der Waals surface area contributed by atoms with Gasteiger partial charge in [0, 0.05) is 25.5 Å². The molecule has 1 N–H and O–H groups in total. The molecule has 2 rings (SSSR count). The van der Waals surface area contributed by atoms with E-state index < -0.39 is 11.6 Å².